The molecule has 0 N–H and O–H groups in total. The van der Waals surface area contributed by atoms with Crippen LogP contribution in [0.2, 0.25) is 0 Å². The summed E-state index contributed by atoms with van der Waals surface area (Å²) in [5.41, 5.74) is 3.45. The lowest BCUT2D eigenvalue weighted by Crippen LogP contribution is -2.51. The average Bonchev–Trinajstić information content (AvgIpc) is 3.09. The summed E-state index contributed by atoms with van der Waals surface area (Å²) in [5, 5.41) is 1.41. The summed E-state index contributed by atoms with van der Waals surface area (Å²) in [6.07, 6.45) is 0.434. The first kappa shape index (κ1) is 29.0. The fraction of sp³-hybridized carbons (Fsp3) is 0.158. The maximum atomic E-state index is 14.5. The minimum atomic E-state index is -0.496. The summed E-state index contributed by atoms with van der Waals surface area (Å²) < 4.78 is 5.27. The standard InChI is InChI=1S/C38H31N3O5/c1-24-22-33(29-14-6-7-17-32(29)40(24)36(43)26-18-20-28(46-2)21-19-26)41(27-12-4-3-5-13-27)34(42)23-39-37(44)30-15-8-10-25-11-9-16-31(35(25)30)38(39)45/h3-21,24,33H,22-23H2,1-2H3/t24-,33-/m1/s1. The third kappa shape index (κ3) is 4.79. The zero-order chi connectivity index (χ0) is 31.9. The number of imide groups is 1. The van der Waals surface area contributed by atoms with E-state index in [0.29, 0.717) is 45.6 Å². The molecule has 2 heterocycles. The van der Waals surface area contributed by atoms with Crippen LogP contribution in [0.4, 0.5) is 11.4 Å². The summed E-state index contributed by atoms with van der Waals surface area (Å²) in [7, 11) is 1.58. The Morgan fingerprint density at radius 3 is 2.07 bits per heavy atom. The van der Waals surface area contributed by atoms with Gasteiger partial charge in [-0.2, -0.15) is 0 Å². The van der Waals surface area contributed by atoms with Gasteiger partial charge in [-0.25, -0.2) is 0 Å². The van der Waals surface area contributed by atoms with E-state index in [4.69, 9.17) is 4.74 Å². The van der Waals surface area contributed by atoms with Crippen LogP contribution in [0.5, 0.6) is 5.75 Å². The van der Waals surface area contributed by atoms with E-state index in [1.54, 1.807) is 65.4 Å². The number of anilines is 2. The van der Waals surface area contributed by atoms with E-state index < -0.39 is 30.3 Å². The number of hydrogen-bond donors (Lipinski definition) is 0. The van der Waals surface area contributed by atoms with Gasteiger partial charge in [0.2, 0.25) is 5.91 Å². The van der Waals surface area contributed by atoms with E-state index in [2.05, 4.69) is 0 Å². The third-order valence-corrected chi connectivity index (χ3v) is 8.88. The molecular formula is C38H31N3O5. The van der Waals surface area contributed by atoms with Gasteiger partial charge in [-0.15, -0.1) is 0 Å². The highest BCUT2D eigenvalue weighted by Gasteiger charge is 2.41. The smallest absolute Gasteiger partial charge is 0.261 e. The Bertz CT molecular complexity index is 1960. The Hall–Kier alpha value is -5.76. The lowest BCUT2D eigenvalue weighted by molar-refractivity contribution is -0.119. The molecule has 0 fully saturated rings. The van der Waals surface area contributed by atoms with Gasteiger partial charge in [0, 0.05) is 39.5 Å². The topological polar surface area (TPSA) is 87.2 Å². The number of fused-ring (bicyclic) bond motifs is 1. The second-order valence-electron chi connectivity index (χ2n) is 11.6. The molecule has 8 heteroatoms. The quantitative estimate of drug-likeness (QED) is 0.201. The number of hydrogen-bond acceptors (Lipinski definition) is 5. The highest BCUT2D eigenvalue weighted by molar-refractivity contribution is 6.26. The van der Waals surface area contributed by atoms with Gasteiger partial charge in [0.25, 0.3) is 17.7 Å². The molecule has 0 saturated carbocycles. The summed E-state index contributed by atoms with van der Waals surface area (Å²) in [6, 6.07) is 33.8. The molecule has 2 aliphatic heterocycles. The molecule has 0 saturated heterocycles. The molecule has 0 bridgehead atoms. The summed E-state index contributed by atoms with van der Waals surface area (Å²) in [6.45, 7) is 1.53. The Balaban J connectivity index is 1.26. The Morgan fingerprint density at radius 1 is 0.783 bits per heavy atom. The van der Waals surface area contributed by atoms with Crippen LogP contribution in [-0.4, -0.2) is 48.2 Å². The van der Waals surface area contributed by atoms with Crippen molar-refractivity contribution in [3.05, 3.63) is 138 Å². The fourth-order valence-corrected chi connectivity index (χ4v) is 6.73. The van der Waals surface area contributed by atoms with E-state index in [1.807, 2.05) is 73.7 Å². The van der Waals surface area contributed by atoms with Crippen molar-refractivity contribution in [1.29, 1.82) is 0 Å². The first-order valence-corrected chi connectivity index (χ1v) is 15.2. The number of amides is 4. The number of carbonyl (C=O) groups is 4. The highest BCUT2D eigenvalue weighted by Crippen LogP contribution is 2.43. The number of rotatable bonds is 6. The molecule has 4 amide bonds. The van der Waals surface area contributed by atoms with Crippen molar-refractivity contribution in [3.63, 3.8) is 0 Å². The zero-order valence-corrected chi connectivity index (χ0v) is 25.4. The van der Waals surface area contributed by atoms with Crippen molar-refractivity contribution in [2.45, 2.75) is 25.4 Å². The van der Waals surface area contributed by atoms with E-state index in [-0.39, 0.29) is 11.9 Å². The second-order valence-corrected chi connectivity index (χ2v) is 11.6. The van der Waals surface area contributed by atoms with Crippen molar-refractivity contribution >= 4 is 45.8 Å². The van der Waals surface area contributed by atoms with Crippen molar-refractivity contribution < 1.29 is 23.9 Å². The van der Waals surface area contributed by atoms with Crippen LogP contribution in [0.25, 0.3) is 10.8 Å². The molecule has 8 nitrogen and oxygen atoms in total. The molecule has 7 rings (SSSR count). The number of carbonyl (C=O) groups excluding carboxylic acids is 4. The van der Waals surface area contributed by atoms with Crippen molar-refractivity contribution in [2.75, 3.05) is 23.5 Å². The number of methoxy groups -OCH3 is 1. The average molecular weight is 610 g/mol. The summed E-state index contributed by atoms with van der Waals surface area (Å²) >= 11 is 0. The molecule has 2 atom stereocenters. The molecule has 0 aliphatic carbocycles. The number of benzene rings is 5. The normalized spacial score (nSPS) is 17.1. The molecule has 5 aromatic carbocycles. The van der Waals surface area contributed by atoms with Crippen LogP contribution in [0.15, 0.2) is 115 Å². The van der Waals surface area contributed by atoms with Crippen LogP contribution in [0.1, 0.15) is 56.0 Å². The van der Waals surface area contributed by atoms with Gasteiger partial charge in [0.05, 0.1) is 13.2 Å². The minimum absolute atomic E-state index is 0.156. The van der Waals surface area contributed by atoms with Crippen LogP contribution < -0.4 is 14.5 Å². The molecule has 0 radical (unpaired) electrons. The van der Waals surface area contributed by atoms with Crippen LogP contribution in [-0.2, 0) is 4.79 Å². The first-order valence-electron chi connectivity index (χ1n) is 15.2. The Kier molecular flexibility index (Phi) is 7.33. The van der Waals surface area contributed by atoms with Gasteiger partial charge in [-0.05, 0) is 78.9 Å². The molecule has 228 valence electrons. The van der Waals surface area contributed by atoms with Gasteiger partial charge >= 0.3 is 0 Å². The van der Waals surface area contributed by atoms with E-state index >= 15 is 0 Å². The lowest BCUT2D eigenvalue weighted by atomic mass is 9.89. The summed E-state index contributed by atoms with van der Waals surface area (Å²) in [4.78, 5) is 60.3. The second kappa shape index (κ2) is 11.6. The van der Waals surface area contributed by atoms with E-state index in [9.17, 15) is 19.2 Å². The van der Waals surface area contributed by atoms with Gasteiger partial charge < -0.3 is 14.5 Å². The Labute approximate surface area is 266 Å². The molecule has 0 aromatic heterocycles. The van der Waals surface area contributed by atoms with E-state index in [1.165, 1.54) is 0 Å². The van der Waals surface area contributed by atoms with Crippen molar-refractivity contribution in [2.24, 2.45) is 0 Å². The predicted octanol–water partition coefficient (Wildman–Crippen LogP) is 6.66. The molecule has 46 heavy (non-hydrogen) atoms. The van der Waals surface area contributed by atoms with Crippen molar-refractivity contribution in [1.82, 2.24) is 4.90 Å². The molecule has 2 aliphatic rings. The van der Waals surface area contributed by atoms with Gasteiger partial charge in [-0.3, -0.25) is 24.1 Å². The SMILES string of the molecule is COc1ccc(C(=O)N2c3ccccc3[C@H](N(C(=O)CN3C(=O)c4cccc5cccc(c45)C3=O)c3ccccc3)C[C@H]2C)cc1. The summed E-state index contributed by atoms with van der Waals surface area (Å²) in [5.74, 6) is -0.891. The lowest BCUT2D eigenvalue weighted by Gasteiger charge is -2.44. The number of para-hydroxylation sites is 2. The van der Waals surface area contributed by atoms with Crippen LogP contribution in [0, 0.1) is 0 Å². The highest BCUT2D eigenvalue weighted by atomic mass is 16.5. The number of ether oxygens (including phenoxy) is 1. The van der Waals surface area contributed by atoms with Gasteiger partial charge in [0.15, 0.2) is 0 Å². The first-order chi connectivity index (χ1) is 22.4. The molecule has 0 unspecified atom stereocenters. The van der Waals surface area contributed by atoms with Gasteiger partial charge in [-0.1, -0.05) is 60.7 Å². The Morgan fingerprint density at radius 2 is 1.41 bits per heavy atom. The third-order valence-electron chi connectivity index (χ3n) is 8.88. The maximum absolute atomic E-state index is 14.5. The fourth-order valence-electron chi connectivity index (χ4n) is 6.73. The predicted molar refractivity (Wildman–Crippen MR) is 176 cm³/mol. The van der Waals surface area contributed by atoms with Crippen molar-refractivity contribution in [3.8, 4) is 5.75 Å². The molecule has 5 aromatic rings. The molecular weight excluding hydrogens is 578 g/mol. The van der Waals surface area contributed by atoms with Crippen LogP contribution in [0.3, 0.4) is 0 Å². The largest absolute Gasteiger partial charge is 0.497 e. The monoisotopic (exact) mass is 609 g/mol. The maximum Gasteiger partial charge on any atom is 0.261 e. The number of nitrogens with zero attached hydrogens (tertiary/aromatic N) is 3. The van der Waals surface area contributed by atoms with Gasteiger partial charge in [0.1, 0.15) is 12.3 Å². The van der Waals surface area contributed by atoms with E-state index in [0.717, 1.165) is 15.8 Å². The molecule has 0 spiro atoms. The zero-order valence-electron chi connectivity index (χ0n) is 25.4. The van der Waals surface area contributed by atoms with Crippen LogP contribution >= 0.6 is 0 Å². The minimum Gasteiger partial charge on any atom is -0.497 e.